The number of hydrogen-bond donors (Lipinski definition) is 1. The number of para-hydroxylation sites is 1. The maximum atomic E-state index is 12.3. The summed E-state index contributed by atoms with van der Waals surface area (Å²) in [7, 11) is 0. The fourth-order valence-corrected chi connectivity index (χ4v) is 8.06. The molecule has 0 unspecified atom stereocenters. The van der Waals surface area contributed by atoms with Crippen molar-refractivity contribution in [3.05, 3.63) is 193 Å². The largest absolute Gasteiger partial charge is 0.507 e. The molecule has 304 valence electrons. The Morgan fingerprint density at radius 2 is 1.08 bits per heavy atom. The predicted molar refractivity (Wildman–Crippen MR) is 249 cm³/mol. The average Bonchev–Trinajstić information content (AvgIpc) is 3.66. The third kappa shape index (κ3) is 8.26. The molecule has 0 amide bonds. The minimum absolute atomic E-state index is 0. The van der Waals surface area contributed by atoms with E-state index in [1.165, 1.54) is 0 Å². The van der Waals surface area contributed by atoms with Crippen molar-refractivity contribution >= 4 is 11.0 Å². The van der Waals surface area contributed by atoms with Crippen LogP contribution < -0.4 is 0 Å². The van der Waals surface area contributed by atoms with Crippen LogP contribution in [0, 0.1) is 6.07 Å². The molecule has 4 nitrogen and oxygen atoms in total. The van der Waals surface area contributed by atoms with E-state index in [-0.39, 0.29) is 37.6 Å². The van der Waals surface area contributed by atoms with Crippen molar-refractivity contribution in [3.63, 3.8) is 0 Å². The molecule has 1 N–H and O–H groups in total. The van der Waals surface area contributed by atoms with Gasteiger partial charge in [0.2, 0.25) is 0 Å². The zero-order chi connectivity index (χ0) is 41.6. The molecule has 0 fully saturated rings. The Hall–Kier alpha value is -6.35. The number of hydrogen-bond acceptors (Lipinski definition) is 3. The van der Waals surface area contributed by atoms with Crippen LogP contribution in [0.3, 0.4) is 0 Å². The fraction of sp³-hybridized carbons (Fsp3) is 0.143. The number of benzene rings is 7. The van der Waals surface area contributed by atoms with Crippen molar-refractivity contribution < 1.29 is 26.2 Å². The molecule has 7 aromatic carbocycles. The van der Waals surface area contributed by atoms with Gasteiger partial charge in [0.15, 0.2) is 0 Å². The Balaban J connectivity index is 0.00000514. The summed E-state index contributed by atoms with van der Waals surface area (Å²) >= 11 is 0. The van der Waals surface area contributed by atoms with Crippen LogP contribution in [0.1, 0.15) is 52.7 Å². The van der Waals surface area contributed by atoms with Gasteiger partial charge in [0.1, 0.15) is 11.6 Å². The fourth-order valence-electron chi connectivity index (χ4n) is 8.06. The summed E-state index contributed by atoms with van der Waals surface area (Å²) in [5.74, 6) is 0.922. The van der Waals surface area contributed by atoms with Crippen molar-refractivity contribution in [2.75, 3.05) is 0 Å². The zero-order valence-corrected chi connectivity index (χ0v) is 37.6. The van der Waals surface area contributed by atoms with Crippen LogP contribution in [-0.4, -0.2) is 19.6 Å². The first-order chi connectivity index (χ1) is 28.9. The number of aromatic hydroxyl groups is 1. The van der Waals surface area contributed by atoms with Gasteiger partial charge < -0.3 is 5.11 Å². The molecule has 9 rings (SSSR count). The van der Waals surface area contributed by atoms with E-state index in [0.717, 1.165) is 83.6 Å². The first-order valence-electron chi connectivity index (χ1n) is 20.6. The summed E-state index contributed by atoms with van der Waals surface area (Å²) in [6, 6.07) is 63.0. The van der Waals surface area contributed by atoms with E-state index in [1.807, 2.05) is 24.4 Å². The molecule has 0 aliphatic heterocycles. The van der Waals surface area contributed by atoms with Gasteiger partial charge in [-0.3, -0.25) is 9.55 Å². The van der Waals surface area contributed by atoms with Gasteiger partial charge in [0.05, 0.1) is 16.6 Å². The molecule has 0 radical (unpaired) electrons. The van der Waals surface area contributed by atoms with Crippen LogP contribution >= 0.6 is 0 Å². The van der Waals surface area contributed by atoms with Crippen LogP contribution in [0.15, 0.2) is 176 Å². The summed E-state index contributed by atoms with van der Waals surface area (Å²) in [6.45, 7) is 13.1. The van der Waals surface area contributed by atoms with E-state index < -0.39 is 0 Å². The van der Waals surface area contributed by atoms with E-state index in [9.17, 15) is 5.11 Å². The second kappa shape index (κ2) is 16.6. The first-order valence-corrected chi connectivity index (χ1v) is 20.6. The normalized spacial score (nSPS) is 11.7. The molecule has 5 heteroatoms. The van der Waals surface area contributed by atoms with E-state index in [0.29, 0.717) is 11.4 Å². The van der Waals surface area contributed by atoms with Crippen LogP contribution in [0.2, 0.25) is 0 Å². The molecular formula is C56H48N3OPt-. The maximum absolute atomic E-state index is 12.3. The Labute approximate surface area is 373 Å². The molecule has 0 atom stereocenters. The van der Waals surface area contributed by atoms with Gasteiger partial charge >= 0.3 is 0 Å². The molecule has 0 saturated heterocycles. The van der Waals surface area contributed by atoms with Crippen molar-refractivity contribution in [1.29, 1.82) is 0 Å². The van der Waals surface area contributed by atoms with Gasteiger partial charge in [-0.1, -0.05) is 186 Å². The Bertz CT molecular complexity index is 2990. The van der Waals surface area contributed by atoms with Gasteiger partial charge in [-0.25, -0.2) is 4.98 Å². The number of rotatable bonds is 7. The molecular weight excluding hydrogens is 926 g/mol. The summed E-state index contributed by atoms with van der Waals surface area (Å²) in [6.07, 6.45) is 1.88. The third-order valence-electron chi connectivity index (χ3n) is 11.3. The van der Waals surface area contributed by atoms with Crippen LogP contribution in [0.4, 0.5) is 0 Å². The van der Waals surface area contributed by atoms with Crippen molar-refractivity contribution in [2.45, 2.75) is 52.4 Å². The number of pyridine rings is 1. The summed E-state index contributed by atoms with van der Waals surface area (Å²) in [4.78, 5) is 10.5. The van der Waals surface area contributed by atoms with Gasteiger partial charge in [-0.2, -0.15) is 0 Å². The second-order valence-corrected chi connectivity index (χ2v) is 17.6. The van der Waals surface area contributed by atoms with E-state index >= 15 is 0 Å². The van der Waals surface area contributed by atoms with E-state index in [1.54, 1.807) is 0 Å². The summed E-state index contributed by atoms with van der Waals surface area (Å²) < 4.78 is 2.21. The molecule has 0 aliphatic carbocycles. The SMILES string of the molecule is CC(C)(C)c1cc(-c2nc3c(-c4[c-]c(-c5cc(-c6ccccc6)ccn5)cc(-c5ccccc5)c4)cccc3n2-c2cccc(-c3ccccc3)c2)c(O)c(C(C)(C)C)c1.[Pt]. The number of phenols is 1. The van der Waals surface area contributed by atoms with Gasteiger partial charge in [0.25, 0.3) is 0 Å². The van der Waals surface area contributed by atoms with E-state index in [4.69, 9.17) is 9.97 Å². The van der Waals surface area contributed by atoms with Crippen molar-refractivity contribution in [3.8, 4) is 78.6 Å². The van der Waals surface area contributed by atoms with Crippen molar-refractivity contribution in [1.82, 2.24) is 14.5 Å². The Morgan fingerprint density at radius 3 is 1.70 bits per heavy atom. The first kappa shape index (κ1) is 41.4. The molecule has 0 bridgehead atoms. The van der Waals surface area contributed by atoms with Gasteiger partial charge in [-0.15, -0.1) is 23.8 Å². The number of aromatic nitrogens is 3. The minimum atomic E-state index is -0.315. The molecule has 0 aliphatic rings. The van der Waals surface area contributed by atoms with Crippen LogP contribution in [0.25, 0.3) is 83.9 Å². The molecule has 0 spiro atoms. The van der Waals surface area contributed by atoms with Crippen molar-refractivity contribution in [2.24, 2.45) is 0 Å². The van der Waals surface area contributed by atoms with E-state index in [2.05, 4.69) is 204 Å². The summed E-state index contributed by atoms with van der Waals surface area (Å²) in [5, 5.41) is 12.3. The molecule has 2 heterocycles. The minimum Gasteiger partial charge on any atom is -0.507 e. The second-order valence-electron chi connectivity index (χ2n) is 17.6. The van der Waals surface area contributed by atoms with Crippen LogP contribution in [0.5, 0.6) is 5.75 Å². The quantitative estimate of drug-likeness (QED) is 0.162. The predicted octanol–water partition coefficient (Wildman–Crippen LogP) is 14.5. The summed E-state index contributed by atoms with van der Waals surface area (Å²) in [5.41, 5.74) is 15.1. The smallest absolute Gasteiger partial charge is 0.148 e. The molecule has 0 saturated carbocycles. The van der Waals surface area contributed by atoms with Crippen LogP contribution in [-0.2, 0) is 31.9 Å². The molecule has 2 aromatic heterocycles. The maximum Gasteiger partial charge on any atom is 0.148 e. The molecule has 61 heavy (non-hydrogen) atoms. The van der Waals surface area contributed by atoms with Gasteiger partial charge in [0, 0.05) is 44.2 Å². The average molecular weight is 974 g/mol. The number of imidazole rings is 1. The Kier molecular flexibility index (Phi) is 11.3. The number of fused-ring (bicyclic) bond motifs is 1. The number of nitrogens with zero attached hydrogens (tertiary/aromatic N) is 3. The Morgan fingerprint density at radius 1 is 0.508 bits per heavy atom. The standard InChI is InChI=1S/C56H48N3O.Pt/c1-55(2,3)45-35-48(53(60)49(36-45)56(4,5)6)54-58-52-47(26-17-27-51(52)59(54)46-25-16-24-40(33-46)37-18-10-7-11-19-37)43-30-42(39-22-14-9-15-23-39)31-44(32-43)50-34-41(28-29-57-50)38-20-12-8-13-21-38;/h7-31,33-36,60H,1-6H3;/q-1;. The molecule has 9 aromatic rings. The zero-order valence-electron chi connectivity index (χ0n) is 35.3. The monoisotopic (exact) mass is 973 g/mol. The topological polar surface area (TPSA) is 50.9 Å². The number of phenolic OH excluding ortho intramolecular Hbond substituents is 1. The van der Waals surface area contributed by atoms with Gasteiger partial charge in [-0.05, 0) is 74.5 Å². The third-order valence-corrected chi connectivity index (χ3v) is 11.3.